The normalized spacial score (nSPS) is 10.7. The molecule has 2 rings (SSSR count). The molecule has 6 heteroatoms. The summed E-state index contributed by atoms with van der Waals surface area (Å²) in [6, 6.07) is 5.49. The minimum atomic E-state index is -0.0732. The van der Waals surface area contributed by atoms with Crippen LogP contribution in [0, 0.1) is 20.8 Å². The molecule has 1 amide bonds. The van der Waals surface area contributed by atoms with Crippen LogP contribution in [0.15, 0.2) is 22.7 Å². The highest BCUT2D eigenvalue weighted by atomic mass is 79.9. The van der Waals surface area contributed by atoms with Gasteiger partial charge in [-0.15, -0.1) is 0 Å². The number of methoxy groups -OCH3 is 1. The molecule has 0 spiro atoms. The van der Waals surface area contributed by atoms with Crippen LogP contribution in [0.2, 0.25) is 0 Å². The van der Waals surface area contributed by atoms with E-state index in [1.54, 1.807) is 7.11 Å². The molecule has 0 atom stereocenters. The van der Waals surface area contributed by atoms with Crippen LogP contribution in [0.4, 0.5) is 0 Å². The van der Waals surface area contributed by atoms with E-state index in [9.17, 15) is 4.79 Å². The number of amides is 1. The van der Waals surface area contributed by atoms with Crippen LogP contribution >= 0.6 is 15.9 Å². The summed E-state index contributed by atoms with van der Waals surface area (Å²) in [5.41, 5.74) is 3.60. The lowest BCUT2D eigenvalue weighted by molar-refractivity contribution is 0.0951. The summed E-state index contributed by atoms with van der Waals surface area (Å²) in [4.78, 5) is 12.3. The van der Waals surface area contributed by atoms with Gasteiger partial charge < -0.3 is 10.1 Å². The Hall–Kier alpha value is -1.82. The van der Waals surface area contributed by atoms with Gasteiger partial charge in [-0.1, -0.05) is 6.07 Å². The Morgan fingerprint density at radius 1 is 1.35 bits per heavy atom. The quantitative estimate of drug-likeness (QED) is 0.782. The maximum atomic E-state index is 12.3. The second kappa shape index (κ2) is 7.64. The van der Waals surface area contributed by atoms with E-state index in [1.807, 2.05) is 43.7 Å². The molecule has 0 saturated carbocycles. The predicted octanol–water partition coefficient (Wildman–Crippen LogP) is 3.40. The smallest absolute Gasteiger partial charge is 0.251 e. The number of carbonyl (C=O) groups is 1. The van der Waals surface area contributed by atoms with Crippen molar-refractivity contribution in [1.29, 1.82) is 0 Å². The van der Waals surface area contributed by atoms with Crippen molar-refractivity contribution in [1.82, 2.24) is 15.1 Å². The monoisotopic (exact) mass is 379 g/mol. The lowest BCUT2D eigenvalue weighted by Gasteiger charge is -2.11. The van der Waals surface area contributed by atoms with Crippen molar-refractivity contribution in [2.45, 2.75) is 33.7 Å². The van der Waals surface area contributed by atoms with E-state index in [4.69, 9.17) is 4.74 Å². The number of benzene rings is 1. The van der Waals surface area contributed by atoms with E-state index in [1.165, 1.54) is 0 Å². The number of nitrogens with one attached hydrogen (secondary N) is 1. The van der Waals surface area contributed by atoms with Gasteiger partial charge in [-0.05, 0) is 55.3 Å². The van der Waals surface area contributed by atoms with E-state index in [2.05, 4.69) is 26.3 Å². The number of rotatable bonds is 6. The average Bonchev–Trinajstić information content (AvgIpc) is 2.78. The lowest BCUT2D eigenvalue weighted by atomic mass is 10.1. The molecule has 0 aliphatic heterocycles. The zero-order valence-electron chi connectivity index (χ0n) is 13.9. The summed E-state index contributed by atoms with van der Waals surface area (Å²) < 4.78 is 8.26. The van der Waals surface area contributed by atoms with Gasteiger partial charge in [0.25, 0.3) is 5.91 Å². The third kappa shape index (κ3) is 3.93. The zero-order chi connectivity index (χ0) is 17.0. The van der Waals surface area contributed by atoms with Crippen LogP contribution in [0.1, 0.15) is 33.7 Å². The maximum absolute atomic E-state index is 12.3. The van der Waals surface area contributed by atoms with E-state index in [0.29, 0.717) is 12.1 Å². The molecule has 1 N–H and O–H groups in total. The van der Waals surface area contributed by atoms with Crippen LogP contribution in [0.5, 0.6) is 5.75 Å². The van der Waals surface area contributed by atoms with Gasteiger partial charge in [0.2, 0.25) is 0 Å². The molecule has 0 aliphatic carbocycles. The molecular weight excluding hydrogens is 358 g/mol. The molecule has 0 saturated heterocycles. The molecule has 0 fully saturated rings. The number of hydrogen-bond donors (Lipinski definition) is 1. The maximum Gasteiger partial charge on any atom is 0.251 e. The Morgan fingerprint density at radius 3 is 2.70 bits per heavy atom. The highest BCUT2D eigenvalue weighted by molar-refractivity contribution is 9.10. The molecule has 124 valence electrons. The molecule has 5 nitrogen and oxygen atoms in total. The number of halogens is 1. The summed E-state index contributed by atoms with van der Waals surface area (Å²) in [6.07, 6.45) is 0.823. The fourth-order valence-electron chi connectivity index (χ4n) is 2.50. The van der Waals surface area contributed by atoms with Gasteiger partial charge in [0, 0.05) is 29.9 Å². The summed E-state index contributed by atoms with van der Waals surface area (Å²) >= 11 is 3.52. The number of ether oxygens (including phenoxy) is 1. The first-order valence-electron chi connectivity index (χ1n) is 7.57. The molecule has 1 aromatic carbocycles. The second-order valence-electron chi connectivity index (χ2n) is 5.45. The first-order valence-corrected chi connectivity index (χ1v) is 8.36. The Balaban J connectivity index is 1.89. The van der Waals surface area contributed by atoms with Crippen molar-refractivity contribution in [3.8, 4) is 5.75 Å². The Kier molecular flexibility index (Phi) is 5.82. The zero-order valence-corrected chi connectivity index (χ0v) is 15.5. The molecule has 23 heavy (non-hydrogen) atoms. The molecule has 0 bridgehead atoms. The topological polar surface area (TPSA) is 56.1 Å². The minimum Gasteiger partial charge on any atom is -0.496 e. The average molecular weight is 380 g/mol. The molecule has 1 heterocycles. The highest BCUT2D eigenvalue weighted by Crippen LogP contribution is 2.21. The first kappa shape index (κ1) is 17.5. The number of nitrogens with zero attached hydrogens (tertiary/aromatic N) is 2. The van der Waals surface area contributed by atoms with Gasteiger partial charge in [-0.3, -0.25) is 9.48 Å². The van der Waals surface area contributed by atoms with E-state index in [-0.39, 0.29) is 5.91 Å². The van der Waals surface area contributed by atoms with Crippen molar-refractivity contribution in [3.63, 3.8) is 0 Å². The molecule has 0 unspecified atom stereocenters. The number of aromatic nitrogens is 2. The van der Waals surface area contributed by atoms with Gasteiger partial charge in [0.15, 0.2) is 0 Å². The molecule has 0 radical (unpaired) electrons. The molecule has 0 aliphatic rings. The highest BCUT2D eigenvalue weighted by Gasteiger charge is 2.12. The van der Waals surface area contributed by atoms with E-state index >= 15 is 0 Å². The SMILES string of the molecule is COc1cccc(C(=O)NCCCn2nc(C)c(Br)c2C)c1C. The van der Waals surface area contributed by atoms with E-state index < -0.39 is 0 Å². The standard InChI is InChI=1S/C17H22BrN3O2/c1-11-14(7-5-8-15(11)23-4)17(22)19-9-6-10-21-13(3)16(18)12(2)20-21/h5,7-8H,6,9-10H2,1-4H3,(H,19,22). The van der Waals surface area contributed by atoms with Crippen molar-refractivity contribution in [2.75, 3.05) is 13.7 Å². The van der Waals surface area contributed by atoms with Gasteiger partial charge in [-0.25, -0.2) is 0 Å². The van der Waals surface area contributed by atoms with Crippen molar-refractivity contribution >= 4 is 21.8 Å². The summed E-state index contributed by atoms with van der Waals surface area (Å²) in [6.45, 7) is 7.27. The lowest BCUT2D eigenvalue weighted by Crippen LogP contribution is -2.26. The van der Waals surface area contributed by atoms with Crippen LogP contribution in [-0.2, 0) is 6.54 Å². The van der Waals surface area contributed by atoms with Gasteiger partial charge >= 0.3 is 0 Å². The van der Waals surface area contributed by atoms with Crippen molar-refractivity contribution < 1.29 is 9.53 Å². The Labute approximate surface area is 145 Å². The number of aryl methyl sites for hydroxylation is 2. The summed E-state index contributed by atoms with van der Waals surface area (Å²) in [5.74, 6) is 0.654. The van der Waals surface area contributed by atoms with Crippen molar-refractivity contribution in [3.05, 3.63) is 45.2 Å². The summed E-state index contributed by atoms with van der Waals surface area (Å²) in [5, 5.41) is 7.42. The molecule has 1 aromatic heterocycles. The number of hydrogen-bond acceptors (Lipinski definition) is 3. The Bertz CT molecular complexity index is 710. The summed E-state index contributed by atoms with van der Waals surface area (Å²) in [7, 11) is 1.61. The van der Waals surface area contributed by atoms with Gasteiger partial charge in [-0.2, -0.15) is 5.10 Å². The van der Waals surface area contributed by atoms with Crippen LogP contribution in [0.25, 0.3) is 0 Å². The largest absolute Gasteiger partial charge is 0.496 e. The third-order valence-corrected chi connectivity index (χ3v) is 5.02. The Morgan fingerprint density at radius 2 is 2.09 bits per heavy atom. The fraction of sp³-hybridized carbons (Fsp3) is 0.412. The molecule has 2 aromatic rings. The number of carbonyl (C=O) groups excluding carboxylic acids is 1. The van der Waals surface area contributed by atoms with Crippen LogP contribution in [-0.4, -0.2) is 29.3 Å². The molecular formula is C17H22BrN3O2. The van der Waals surface area contributed by atoms with E-state index in [0.717, 1.165) is 40.1 Å². The van der Waals surface area contributed by atoms with Crippen LogP contribution < -0.4 is 10.1 Å². The minimum absolute atomic E-state index is 0.0732. The van der Waals surface area contributed by atoms with Crippen molar-refractivity contribution in [2.24, 2.45) is 0 Å². The van der Waals surface area contributed by atoms with Gasteiger partial charge in [0.1, 0.15) is 5.75 Å². The van der Waals surface area contributed by atoms with Gasteiger partial charge in [0.05, 0.1) is 17.3 Å². The predicted molar refractivity (Wildman–Crippen MR) is 94.1 cm³/mol. The third-order valence-electron chi connectivity index (χ3n) is 3.87. The second-order valence-corrected chi connectivity index (χ2v) is 6.24. The fourth-order valence-corrected chi connectivity index (χ4v) is 2.78. The first-order chi connectivity index (χ1) is 11.0. The van der Waals surface area contributed by atoms with Crippen LogP contribution in [0.3, 0.4) is 0 Å².